The van der Waals surface area contributed by atoms with Gasteiger partial charge in [-0.05, 0) is 25.1 Å². The summed E-state index contributed by atoms with van der Waals surface area (Å²) in [6.07, 6.45) is 0.141. The molecule has 0 aromatic heterocycles. The molecule has 16 heavy (non-hydrogen) atoms. The first-order valence-corrected chi connectivity index (χ1v) is 6.46. The molecule has 0 radical (unpaired) electrons. The lowest BCUT2D eigenvalue weighted by molar-refractivity contribution is -0.116. The van der Waals surface area contributed by atoms with Gasteiger partial charge < -0.3 is 11.1 Å². The first kappa shape index (κ1) is 11.1. The van der Waals surface area contributed by atoms with Crippen molar-refractivity contribution in [2.75, 3.05) is 11.9 Å². The number of hydrogen-bond donors (Lipinski definition) is 2. The van der Waals surface area contributed by atoms with Gasteiger partial charge in [-0.15, -0.1) is 0 Å². The van der Waals surface area contributed by atoms with E-state index in [0.29, 0.717) is 5.69 Å². The molecule has 0 saturated heterocycles. The normalized spacial score (nSPS) is 22.3. The summed E-state index contributed by atoms with van der Waals surface area (Å²) in [6, 6.07) is 6.38. The maximum absolute atomic E-state index is 12.1. The number of carbonyl (C=O) groups excluding carboxylic acids is 1. The highest BCUT2D eigenvalue weighted by atomic mass is 32.2. The molecule has 0 aliphatic carbocycles. The first-order valence-electron chi connectivity index (χ1n) is 4.91. The van der Waals surface area contributed by atoms with Crippen molar-refractivity contribution >= 4 is 21.4 Å². The highest BCUT2D eigenvalue weighted by Crippen LogP contribution is 2.30. The Labute approximate surface area is 93.6 Å². The van der Waals surface area contributed by atoms with Crippen molar-refractivity contribution in [3.05, 3.63) is 24.3 Å². The van der Waals surface area contributed by atoms with Crippen LogP contribution in [0.1, 0.15) is 6.42 Å². The number of hydrogen-bond acceptors (Lipinski definition) is 4. The Bertz CT molecular complexity index is 525. The highest BCUT2D eigenvalue weighted by Gasteiger charge is 2.39. The van der Waals surface area contributed by atoms with Crippen molar-refractivity contribution in [2.24, 2.45) is 5.73 Å². The van der Waals surface area contributed by atoms with E-state index in [1.54, 1.807) is 18.2 Å². The van der Waals surface area contributed by atoms with Gasteiger partial charge in [0.2, 0.25) is 5.91 Å². The lowest BCUT2D eigenvalue weighted by Crippen LogP contribution is -2.41. The second-order valence-electron chi connectivity index (χ2n) is 3.60. The van der Waals surface area contributed by atoms with Crippen molar-refractivity contribution in [1.29, 1.82) is 0 Å². The average Bonchev–Trinajstić information content (AvgIpc) is 2.24. The largest absolute Gasteiger partial charge is 0.330 e. The van der Waals surface area contributed by atoms with Gasteiger partial charge in [0.25, 0.3) is 0 Å². The average molecular weight is 240 g/mol. The lowest BCUT2D eigenvalue weighted by atomic mass is 10.2. The fraction of sp³-hybridized carbons (Fsp3) is 0.300. The molecule has 0 spiro atoms. The van der Waals surface area contributed by atoms with E-state index < -0.39 is 21.0 Å². The summed E-state index contributed by atoms with van der Waals surface area (Å²) >= 11 is 0. The smallest absolute Gasteiger partial charge is 0.243 e. The van der Waals surface area contributed by atoms with Gasteiger partial charge in [0.15, 0.2) is 9.84 Å². The standard InChI is InChI=1S/C10H12N2O3S/c11-6-5-9-10(13)12-7-3-1-2-4-8(7)16(9,14)15/h1-4,9H,5-6,11H2,(H,12,13). The predicted molar refractivity (Wildman–Crippen MR) is 59.7 cm³/mol. The fourth-order valence-corrected chi connectivity index (χ4v) is 3.55. The minimum absolute atomic E-state index is 0.141. The van der Waals surface area contributed by atoms with E-state index in [1.165, 1.54) is 6.07 Å². The molecule has 1 heterocycles. The number of fused-ring (bicyclic) bond motifs is 1. The molecular weight excluding hydrogens is 228 g/mol. The topological polar surface area (TPSA) is 89.3 Å². The van der Waals surface area contributed by atoms with Crippen LogP contribution in [0.5, 0.6) is 0 Å². The molecule has 0 bridgehead atoms. The van der Waals surface area contributed by atoms with Crippen molar-refractivity contribution < 1.29 is 13.2 Å². The van der Waals surface area contributed by atoms with E-state index in [-0.39, 0.29) is 17.9 Å². The molecule has 1 aliphatic rings. The number of carbonyl (C=O) groups is 1. The van der Waals surface area contributed by atoms with E-state index in [1.807, 2.05) is 0 Å². The monoisotopic (exact) mass is 240 g/mol. The van der Waals surface area contributed by atoms with E-state index in [0.717, 1.165) is 0 Å². The SMILES string of the molecule is NCCC1C(=O)Nc2ccccc2S1(=O)=O. The lowest BCUT2D eigenvalue weighted by Gasteiger charge is -2.24. The van der Waals surface area contributed by atoms with Gasteiger partial charge in [0.1, 0.15) is 5.25 Å². The molecule has 6 heteroatoms. The molecule has 86 valence electrons. The van der Waals surface area contributed by atoms with Crippen LogP contribution in [0.2, 0.25) is 0 Å². The molecule has 5 nitrogen and oxygen atoms in total. The summed E-state index contributed by atoms with van der Waals surface area (Å²) in [5.41, 5.74) is 5.67. The van der Waals surface area contributed by atoms with Crippen LogP contribution >= 0.6 is 0 Å². The van der Waals surface area contributed by atoms with Gasteiger partial charge in [-0.3, -0.25) is 4.79 Å². The first-order chi connectivity index (χ1) is 7.57. The Morgan fingerprint density at radius 3 is 2.69 bits per heavy atom. The summed E-state index contributed by atoms with van der Waals surface area (Å²) in [5, 5.41) is 1.51. The zero-order chi connectivity index (χ0) is 11.8. The van der Waals surface area contributed by atoms with Crippen molar-refractivity contribution in [3.63, 3.8) is 0 Å². The predicted octanol–water partition coefficient (Wildman–Crippen LogP) is 0.130. The molecular formula is C10H12N2O3S. The number of anilines is 1. The van der Waals surface area contributed by atoms with Gasteiger partial charge in [0.05, 0.1) is 10.6 Å². The minimum atomic E-state index is -3.59. The van der Waals surface area contributed by atoms with Gasteiger partial charge >= 0.3 is 0 Å². The zero-order valence-electron chi connectivity index (χ0n) is 8.51. The molecule has 1 unspecified atom stereocenters. The third-order valence-corrected chi connectivity index (χ3v) is 4.72. The number of nitrogens with one attached hydrogen (secondary N) is 1. The van der Waals surface area contributed by atoms with Gasteiger partial charge in [0, 0.05) is 0 Å². The fourth-order valence-electron chi connectivity index (χ4n) is 1.76. The second kappa shape index (κ2) is 3.88. The number of rotatable bonds is 2. The van der Waals surface area contributed by atoms with E-state index in [9.17, 15) is 13.2 Å². The third kappa shape index (κ3) is 1.60. The summed E-state index contributed by atoms with van der Waals surface area (Å²) in [4.78, 5) is 11.8. The van der Waals surface area contributed by atoms with E-state index >= 15 is 0 Å². The summed E-state index contributed by atoms with van der Waals surface area (Å²) < 4.78 is 24.2. The highest BCUT2D eigenvalue weighted by molar-refractivity contribution is 7.93. The number of benzene rings is 1. The summed E-state index contributed by atoms with van der Waals surface area (Å²) in [5.74, 6) is -0.496. The molecule has 1 aromatic rings. The van der Waals surface area contributed by atoms with Crippen LogP contribution in [0.4, 0.5) is 5.69 Å². The Morgan fingerprint density at radius 2 is 2.00 bits per heavy atom. The van der Waals surface area contributed by atoms with Crippen LogP contribution in [0.15, 0.2) is 29.2 Å². The summed E-state index contributed by atoms with van der Waals surface area (Å²) in [7, 11) is -3.59. The molecule has 2 rings (SSSR count). The Kier molecular flexibility index (Phi) is 2.69. The minimum Gasteiger partial charge on any atom is -0.330 e. The molecule has 3 N–H and O–H groups in total. The van der Waals surface area contributed by atoms with Crippen LogP contribution in [0.25, 0.3) is 0 Å². The molecule has 1 aliphatic heterocycles. The Balaban J connectivity index is 2.56. The van der Waals surface area contributed by atoms with Gasteiger partial charge in [-0.1, -0.05) is 12.1 Å². The van der Waals surface area contributed by atoms with Gasteiger partial charge in [-0.25, -0.2) is 8.42 Å². The van der Waals surface area contributed by atoms with Gasteiger partial charge in [-0.2, -0.15) is 0 Å². The van der Waals surface area contributed by atoms with Crippen molar-refractivity contribution in [1.82, 2.24) is 0 Å². The van der Waals surface area contributed by atoms with Crippen LogP contribution < -0.4 is 11.1 Å². The number of para-hydroxylation sites is 1. The molecule has 0 saturated carbocycles. The Morgan fingerprint density at radius 1 is 1.31 bits per heavy atom. The van der Waals surface area contributed by atoms with Crippen LogP contribution in [-0.2, 0) is 14.6 Å². The zero-order valence-corrected chi connectivity index (χ0v) is 9.33. The molecule has 0 fully saturated rings. The number of amides is 1. The van der Waals surface area contributed by atoms with Crippen LogP contribution in [0.3, 0.4) is 0 Å². The summed E-state index contributed by atoms with van der Waals surface area (Å²) in [6.45, 7) is 0.166. The third-order valence-electron chi connectivity index (χ3n) is 2.55. The van der Waals surface area contributed by atoms with Crippen molar-refractivity contribution in [3.8, 4) is 0 Å². The quantitative estimate of drug-likeness (QED) is 0.769. The van der Waals surface area contributed by atoms with Crippen molar-refractivity contribution in [2.45, 2.75) is 16.6 Å². The number of nitrogens with two attached hydrogens (primary N) is 1. The maximum Gasteiger partial charge on any atom is 0.243 e. The maximum atomic E-state index is 12.1. The van der Waals surface area contributed by atoms with Crippen LogP contribution in [-0.4, -0.2) is 26.1 Å². The van der Waals surface area contributed by atoms with E-state index in [2.05, 4.69) is 5.32 Å². The van der Waals surface area contributed by atoms with E-state index in [4.69, 9.17) is 5.73 Å². The Hall–Kier alpha value is -1.40. The molecule has 1 amide bonds. The second-order valence-corrected chi connectivity index (χ2v) is 5.70. The molecule has 1 atom stereocenters. The van der Waals surface area contributed by atoms with Crippen LogP contribution in [0, 0.1) is 0 Å². The number of sulfone groups is 1. The molecule has 1 aromatic carbocycles.